The SMILES string of the molecule is CC1CCC2COC(=O)C2=C2CC(C)(C)CC21. The van der Waals surface area contributed by atoms with E-state index < -0.39 is 0 Å². The Morgan fingerprint density at radius 2 is 2.06 bits per heavy atom. The van der Waals surface area contributed by atoms with Crippen molar-refractivity contribution in [2.45, 2.75) is 46.5 Å². The largest absolute Gasteiger partial charge is 0.462 e. The van der Waals surface area contributed by atoms with Crippen molar-refractivity contribution in [1.82, 2.24) is 0 Å². The van der Waals surface area contributed by atoms with Crippen LogP contribution in [0.3, 0.4) is 0 Å². The summed E-state index contributed by atoms with van der Waals surface area (Å²) in [5.74, 6) is 1.76. The molecule has 2 heteroatoms. The topological polar surface area (TPSA) is 26.3 Å². The normalized spacial score (nSPS) is 39.7. The summed E-state index contributed by atoms with van der Waals surface area (Å²) in [4.78, 5) is 11.9. The van der Waals surface area contributed by atoms with E-state index in [0.29, 0.717) is 23.9 Å². The third-order valence-electron chi connectivity index (χ3n) is 4.94. The second-order valence-corrected chi connectivity index (χ2v) is 6.94. The molecule has 0 bridgehead atoms. The highest BCUT2D eigenvalue weighted by molar-refractivity contribution is 5.92. The molecule has 17 heavy (non-hydrogen) atoms. The number of cyclic esters (lactones) is 1. The Hall–Kier alpha value is -0.790. The fraction of sp³-hybridized carbons (Fsp3) is 0.800. The van der Waals surface area contributed by atoms with Gasteiger partial charge in [0.15, 0.2) is 0 Å². The Bertz CT molecular complexity index is 392. The van der Waals surface area contributed by atoms with Gasteiger partial charge in [0.25, 0.3) is 0 Å². The minimum absolute atomic E-state index is 0.0122. The predicted octanol–water partition coefficient (Wildman–Crippen LogP) is 3.32. The molecule has 1 saturated heterocycles. The Morgan fingerprint density at radius 3 is 2.82 bits per heavy atom. The molecule has 1 heterocycles. The quantitative estimate of drug-likeness (QED) is 0.601. The lowest BCUT2D eigenvalue weighted by molar-refractivity contribution is -0.135. The van der Waals surface area contributed by atoms with E-state index in [1.54, 1.807) is 0 Å². The third kappa shape index (κ3) is 1.73. The van der Waals surface area contributed by atoms with Gasteiger partial charge in [-0.2, -0.15) is 0 Å². The fourth-order valence-corrected chi connectivity index (χ4v) is 4.07. The molecule has 0 aromatic carbocycles. The number of hydrogen-bond donors (Lipinski definition) is 0. The molecular formula is C15H22O2. The smallest absolute Gasteiger partial charge is 0.334 e. The number of carbonyl (C=O) groups is 1. The molecule has 3 aliphatic rings. The lowest BCUT2D eigenvalue weighted by Gasteiger charge is -2.21. The first-order valence-corrected chi connectivity index (χ1v) is 6.88. The number of carbonyl (C=O) groups excluding carboxylic acids is 1. The van der Waals surface area contributed by atoms with E-state index in [1.807, 2.05) is 0 Å². The van der Waals surface area contributed by atoms with Crippen molar-refractivity contribution in [2.24, 2.45) is 23.2 Å². The predicted molar refractivity (Wildman–Crippen MR) is 66.4 cm³/mol. The second-order valence-electron chi connectivity index (χ2n) is 6.94. The number of ether oxygens (including phenoxy) is 1. The monoisotopic (exact) mass is 234 g/mol. The van der Waals surface area contributed by atoms with Gasteiger partial charge in [0.2, 0.25) is 0 Å². The molecule has 0 aromatic rings. The summed E-state index contributed by atoms with van der Waals surface area (Å²) in [5.41, 5.74) is 2.89. The summed E-state index contributed by atoms with van der Waals surface area (Å²) >= 11 is 0. The number of esters is 1. The highest BCUT2D eigenvalue weighted by Gasteiger charge is 2.45. The number of hydrogen-bond acceptors (Lipinski definition) is 2. The molecule has 3 unspecified atom stereocenters. The van der Waals surface area contributed by atoms with Crippen molar-refractivity contribution in [3.05, 3.63) is 11.1 Å². The zero-order valence-electron chi connectivity index (χ0n) is 11.1. The van der Waals surface area contributed by atoms with E-state index in [2.05, 4.69) is 20.8 Å². The fourth-order valence-electron chi connectivity index (χ4n) is 4.07. The van der Waals surface area contributed by atoms with Crippen LogP contribution in [0.2, 0.25) is 0 Å². The average Bonchev–Trinajstić information content (AvgIpc) is 2.72. The summed E-state index contributed by atoms with van der Waals surface area (Å²) in [6.45, 7) is 7.66. The van der Waals surface area contributed by atoms with Crippen LogP contribution in [0.25, 0.3) is 0 Å². The van der Waals surface area contributed by atoms with Crippen molar-refractivity contribution < 1.29 is 9.53 Å². The summed E-state index contributed by atoms with van der Waals surface area (Å²) in [6, 6.07) is 0. The Kier molecular flexibility index (Phi) is 2.39. The molecule has 3 rings (SSSR count). The van der Waals surface area contributed by atoms with Crippen LogP contribution in [0.1, 0.15) is 46.5 Å². The molecule has 0 spiro atoms. The Labute approximate surface area is 103 Å². The summed E-state index contributed by atoms with van der Waals surface area (Å²) < 4.78 is 5.27. The molecule has 0 amide bonds. The van der Waals surface area contributed by atoms with Gasteiger partial charge in [-0.15, -0.1) is 0 Å². The van der Waals surface area contributed by atoms with Crippen LogP contribution in [-0.2, 0) is 9.53 Å². The first-order chi connectivity index (χ1) is 7.98. The average molecular weight is 234 g/mol. The van der Waals surface area contributed by atoms with Gasteiger partial charge in [-0.1, -0.05) is 26.3 Å². The van der Waals surface area contributed by atoms with Crippen LogP contribution in [0, 0.1) is 23.2 Å². The van der Waals surface area contributed by atoms with E-state index >= 15 is 0 Å². The lowest BCUT2D eigenvalue weighted by Crippen LogP contribution is -2.12. The van der Waals surface area contributed by atoms with Gasteiger partial charge in [0.05, 0.1) is 6.61 Å². The van der Waals surface area contributed by atoms with Crippen LogP contribution < -0.4 is 0 Å². The molecule has 0 N–H and O–H groups in total. The van der Waals surface area contributed by atoms with E-state index in [-0.39, 0.29) is 5.97 Å². The van der Waals surface area contributed by atoms with Crippen LogP contribution >= 0.6 is 0 Å². The molecule has 1 aliphatic heterocycles. The van der Waals surface area contributed by atoms with Gasteiger partial charge in [0, 0.05) is 11.5 Å². The summed E-state index contributed by atoms with van der Waals surface area (Å²) in [5, 5.41) is 0. The molecule has 2 nitrogen and oxygen atoms in total. The van der Waals surface area contributed by atoms with Crippen molar-refractivity contribution >= 4 is 5.97 Å². The van der Waals surface area contributed by atoms with E-state index in [0.717, 1.165) is 24.3 Å². The van der Waals surface area contributed by atoms with Crippen LogP contribution in [0.4, 0.5) is 0 Å². The molecule has 1 saturated carbocycles. The Morgan fingerprint density at radius 1 is 1.29 bits per heavy atom. The summed E-state index contributed by atoms with van der Waals surface area (Å²) in [6.07, 6.45) is 4.73. The zero-order chi connectivity index (χ0) is 12.2. The highest BCUT2D eigenvalue weighted by Crippen LogP contribution is 2.53. The Balaban J connectivity index is 2.07. The van der Waals surface area contributed by atoms with E-state index in [4.69, 9.17) is 4.74 Å². The molecular weight excluding hydrogens is 212 g/mol. The van der Waals surface area contributed by atoms with Gasteiger partial charge in [0.1, 0.15) is 0 Å². The minimum atomic E-state index is -0.0122. The van der Waals surface area contributed by atoms with E-state index in [1.165, 1.54) is 18.4 Å². The molecule has 94 valence electrons. The summed E-state index contributed by atoms with van der Waals surface area (Å²) in [7, 11) is 0. The maximum Gasteiger partial charge on any atom is 0.334 e. The number of rotatable bonds is 0. The van der Waals surface area contributed by atoms with Gasteiger partial charge >= 0.3 is 5.97 Å². The lowest BCUT2D eigenvalue weighted by atomic mass is 9.84. The van der Waals surface area contributed by atoms with Gasteiger partial charge in [-0.05, 0) is 42.9 Å². The first kappa shape index (κ1) is 11.3. The van der Waals surface area contributed by atoms with Crippen LogP contribution in [-0.4, -0.2) is 12.6 Å². The maximum atomic E-state index is 11.9. The molecule has 2 fully saturated rings. The van der Waals surface area contributed by atoms with Crippen LogP contribution in [0.15, 0.2) is 11.1 Å². The minimum Gasteiger partial charge on any atom is -0.462 e. The van der Waals surface area contributed by atoms with Gasteiger partial charge < -0.3 is 4.74 Å². The maximum absolute atomic E-state index is 11.9. The van der Waals surface area contributed by atoms with E-state index in [9.17, 15) is 4.79 Å². The van der Waals surface area contributed by atoms with Crippen molar-refractivity contribution in [3.63, 3.8) is 0 Å². The van der Waals surface area contributed by atoms with Crippen LogP contribution in [0.5, 0.6) is 0 Å². The van der Waals surface area contributed by atoms with Crippen molar-refractivity contribution in [3.8, 4) is 0 Å². The van der Waals surface area contributed by atoms with Gasteiger partial charge in [-0.25, -0.2) is 4.79 Å². The number of fused-ring (bicyclic) bond motifs is 2. The zero-order valence-corrected chi connectivity index (χ0v) is 11.1. The standard InChI is InChI=1S/C15H22O2/c1-9-4-5-10-8-17-14(16)13(10)12-7-15(2,3)6-11(9)12/h9-11H,4-8H2,1-3H3. The number of allylic oxidation sites excluding steroid dienone is 1. The van der Waals surface area contributed by atoms with Crippen molar-refractivity contribution in [2.75, 3.05) is 6.61 Å². The second kappa shape index (κ2) is 3.60. The third-order valence-corrected chi connectivity index (χ3v) is 4.94. The first-order valence-electron chi connectivity index (χ1n) is 6.88. The molecule has 3 atom stereocenters. The molecule has 0 radical (unpaired) electrons. The van der Waals surface area contributed by atoms with Crippen molar-refractivity contribution in [1.29, 1.82) is 0 Å². The molecule has 2 aliphatic carbocycles. The molecule has 0 aromatic heterocycles. The van der Waals surface area contributed by atoms with Gasteiger partial charge in [-0.3, -0.25) is 0 Å². The highest BCUT2D eigenvalue weighted by atomic mass is 16.5.